The molecule has 0 aliphatic heterocycles. The molecule has 0 aliphatic carbocycles. The topological polar surface area (TPSA) is 38.9 Å². The van der Waals surface area contributed by atoms with E-state index in [2.05, 4.69) is 4.37 Å². The van der Waals surface area contributed by atoms with Crippen LogP contribution in [0.25, 0.3) is 10.9 Å². The van der Waals surface area contributed by atoms with Crippen LogP contribution in [0, 0.1) is 0 Å². The van der Waals surface area contributed by atoms with E-state index < -0.39 is 0 Å². The van der Waals surface area contributed by atoms with Crippen LogP contribution in [0.15, 0.2) is 12.1 Å². The lowest BCUT2D eigenvalue weighted by Gasteiger charge is -1.95. The normalized spacial score (nSPS) is 10.8. The van der Waals surface area contributed by atoms with Gasteiger partial charge < -0.3 is 5.73 Å². The van der Waals surface area contributed by atoms with Gasteiger partial charge in [-0.15, -0.1) is 0 Å². The Labute approximate surface area is 83.1 Å². The average molecular weight is 219 g/mol. The second-order valence-corrected chi connectivity index (χ2v) is 3.92. The molecule has 2 nitrogen and oxygen atoms in total. The van der Waals surface area contributed by atoms with E-state index in [4.69, 9.17) is 28.9 Å². The molecule has 0 saturated heterocycles. The van der Waals surface area contributed by atoms with Crippen LogP contribution in [0.4, 0.5) is 5.00 Å². The number of nitrogen functional groups attached to an aromatic ring is 1. The first-order valence-electron chi connectivity index (χ1n) is 3.19. The number of rotatable bonds is 0. The standard InChI is InChI=1S/C7H4Cl2N2S/c8-3-1-2-4(9)6-5(3)7(10)12-11-6/h1-2H,10H2. The molecule has 62 valence electrons. The highest BCUT2D eigenvalue weighted by Crippen LogP contribution is 2.35. The second kappa shape index (κ2) is 2.76. The Morgan fingerprint density at radius 1 is 1.25 bits per heavy atom. The Kier molecular flexibility index (Phi) is 1.87. The van der Waals surface area contributed by atoms with Gasteiger partial charge in [0, 0.05) is 0 Å². The summed E-state index contributed by atoms with van der Waals surface area (Å²) in [5.74, 6) is 0. The molecule has 2 N–H and O–H groups in total. The first-order valence-corrected chi connectivity index (χ1v) is 4.72. The highest BCUT2D eigenvalue weighted by Gasteiger charge is 2.09. The van der Waals surface area contributed by atoms with Gasteiger partial charge in [0.05, 0.1) is 15.4 Å². The van der Waals surface area contributed by atoms with E-state index >= 15 is 0 Å². The van der Waals surface area contributed by atoms with Crippen LogP contribution in [0.1, 0.15) is 0 Å². The zero-order chi connectivity index (χ0) is 8.72. The number of nitrogens with zero attached hydrogens (tertiary/aromatic N) is 1. The van der Waals surface area contributed by atoms with Crippen molar-refractivity contribution in [3.63, 3.8) is 0 Å². The molecular weight excluding hydrogens is 215 g/mol. The summed E-state index contributed by atoms with van der Waals surface area (Å²) in [6.45, 7) is 0. The second-order valence-electron chi connectivity index (χ2n) is 2.30. The van der Waals surface area contributed by atoms with E-state index in [-0.39, 0.29) is 0 Å². The third-order valence-corrected chi connectivity index (χ3v) is 2.85. The van der Waals surface area contributed by atoms with Gasteiger partial charge in [-0.2, -0.15) is 4.37 Å². The minimum atomic E-state index is 0.586. The molecule has 0 bridgehead atoms. The summed E-state index contributed by atoms with van der Waals surface area (Å²) in [6.07, 6.45) is 0. The third-order valence-electron chi connectivity index (χ3n) is 1.56. The summed E-state index contributed by atoms with van der Waals surface area (Å²) in [4.78, 5) is 0. The number of benzene rings is 1. The van der Waals surface area contributed by atoms with E-state index in [9.17, 15) is 0 Å². The average Bonchev–Trinajstić information content (AvgIpc) is 2.42. The van der Waals surface area contributed by atoms with Crippen LogP contribution in [0.2, 0.25) is 10.0 Å². The number of halogens is 2. The van der Waals surface area contributed by atoms with Gasteiger partial charge in [0.2, 0.25) is 0 Å². The molecule has 0 atom stereocenters. The van der Waals surface area contributed by atoms with Gasteiger partial charge >= 0.3 is 0 Å². The van der Waals surface area contributed by atoms with Gasteiger partial charge in [0.25, 0.3) is 0 Å². The molecule has 0 amide bonds. The third kappa shape index (κ3) is 1.05. The zero-order valence-corrected chi connectivity index (χ0v) is 8.17. The molecule has 2 rings (SSSR count). The molecule has 1 aromatic heterocycles. The maximum Gasteiger partial charge on any atom is 0.116 e. The molecule has 0 aliphatic rings. The van der Waals surface area contributed by atoms with E-state index in [1.54, 1.807) is 12.1 Å². The SMILES string of the molecule is Nc1snc2c(Cl)ccc(Cl)c12. The molecule has 12 heavy (non-hydrogen) atoms. The number of nitrogens with two attached hydrogens (primary N) is 1. The number of anilines is 1. The summed E-state index contributed by atoms with van der Waals surface area (Å²) in [6, 6.07) is 3.43. The van der Waals surface area contributed by atoms with Crippen molar-refractivity contribution in [3.8, 4) is 0 Å². The Balaban J connectivity index is 2.98. The molecule has 1 aromatic carbocycles. The number of fused-ring (bicyclic) bond motifs is 1. The van der Waals surface area contributed by atoms with Crippen molar-refractivity contribution in [2.45, 2.75) is 0 Å². The van der Waals surface area contributed by atoms with Crippen LogP contribution in [0.5, 0.6) is 0 Å². The fourth-order valence-electron chi connectivity index (χ4n) is 1.01. The van der Waals surface area contributed by atoms with Gasteiger partial charge in [-0.3, -0.25) is 0 Å². The summed E-state index contributed by atoms with van der Waals surface area (Å²) in [5, 5.41) is 2.55. The summed E-state index contributed by atoms with van der Waals surface area (Å²) in [7, 11) is 0. The molecule has 0 fully saturated rings. The molecule has 5 heteroatoms. The molecule has 2 aromatic rings. The van der Waals surface area contributed by atoms with Gasteiger partial charge in [-0.1, -0.05) is 23.2 Å². The highest BCUT2D eigenvalue weighted by molar-refractivity contribution is 7.11. The lowest BCUT2D eigenvalue weighted by atomic mass is 10.2. The van der Waals surface area contributed by atoms with Crippen molar-refractivity contribution in [1.82, 2.24) is 4.37 Å². The van der Waals surface area contributed by atoms with Crippen molar-refractivity contribution >= 4 is 50.6 Å². The van der Waals surface area contributed by atoms with Gasteiger partial charge in [-0.25, -0.2) is 0 Å². The Morgan fingerprint density at radius 2 is 1.92 bits per heavy atom. The van der Waals surface area contributed by atoms with Crippen LogP contribution in [0.3, 0.4) is 0 Å². The number of hydrogen-bond donors (Lipinski definition) is 1. The zero-order valence-electron chi connectivity index (χ0n) is 5.84. The minimum absolute atomic E-state index is 0.586. The van der Waals surface area contributed by atoms with Crippen molar-refractivity contribution in [2.75, 3.05) is 5.73 Å². The largest absolute Gasteiger partial charge is 0.389 e. The van der Waals surface area contributed by atoms with Crippen LogP contribution in [-0.4, -0.2) is 4.37 Å². The maximum atomic E-state index is 5.90. The molecule has 0 radical (unpaired) electrons. The minimum Gasteiger partial charge on any atom is -0.389 e. The fraction of sp³-hybridized carbons (Fsp3) is 0. The first-order chi connectivity index (χ1) is 5.70. The van der Waals surface area contributed by atoms with Gasteiger partial charge in [0.15, 0.2) is 0 Å². The summed E-state index contributed by atoms with van der Waals surface area (Å²) < 4.78 is 4.08. The molecule has 0 spiro atoms. The van der Waals surface area contributed by atoms with Crippen molar-refractivity contribution in [3.05, 3.63) is 22.2 Å². The van der Waals surface area contributed by atoms with Crippen LogP contribution in [-0.2, 0) is 0 Å². The smallest absolute Gasteiger partial charge is 0.116 e. The monoisotopic (exact) mass is 218 g/mol. The van der Waals surface area contributed by atoms with E-state index in [1.165, 1.54) is 11.5 Å². The van der Waals surface area contributed by atoms with Gasteiger partial charge in [-0.05, 0) is 23.7 Å². The van der Waals surface area contributed by atoms with E-state index in [0.717, 1.165) is 5.39 Å². The van der Waals surface area contributed by atoms with E-state index in [0.29, 0.717) is 20.6 Å². The summed E-state index contributed by atoms with van der Waals surface area (Å²) >= 11 is 13.0. The summed E-state index contributed by atoms with van der Waals surface area (Å²) in [5.41, 5.74) is 6.35. The first kappa shape index (κ1) is 8.10. The van der Waals surface area contributed by atoms with Gasteiger partial charge in [0.1, 0.15) is 10.5 Å². The molecule has 0 saturated carbocycles. The Hall–Kier alpha value is -0.510. The van der Waals surface area contributed by atoms with Crippen molar-refractivity contribution in [2.24, 2.45) is 0 Å². The predicted octanol–water partition coefficient (Wildman–Crippen LogP) is 3.19. The number of hydrogen-bond acceptors (Lipinski definition) is 3. The Bertz CT molecular complexity index is 438. The molecule has 0 unspecified atom stereocenters. The predicted molar refractivity (Wildman–Crippen MR) is 54.1 cm³/mol. The van der Waals surface area contributed by atoms with Crippen LogP contribution >= 0.6 is 34.7 Å². The maximum absolute atomic E-state index is 5.90. The molecule has 1 heterocycles. The van der Waals surface area contributed by atoms with Crippen molar-refractivity contribution in [1.29, 1.82) is 0 Å². The van der Waals surface area contributed by atoms with E-state index in [1.807, 2.05) is 0 Å². The highest BCUT2D eigenvalue weighted by atomic mass is 35.5. The van der Waals surface area contributed by atoms with Crippen LogP contribution < -0.4 is 5.73 Å². The fourth-order valence-corrected chi connectivity index (χ4v) is 2.24. The lowest BCUT2D eigenvalue weighted by molar-refractivity contribution is 1.66. The van der Waals surface area contributed by atoms with Crippen molar-refractivity contribution < 1.29 is 0 Å². The number of aromatic nitrogens is 1. The quantitative estimate of drug-likeness (QED) is 0.738. The lowest BCUT2D eigenvalue weighted by Crippen LogP contribution is -1.79. The Morgan fingerprint density at radius 3 is 2.58 bits per heavy atom. The molecular formula is C7H4Cl2N2S.